The van der Waals surface area contributed by atoms with Crippen LogP contribution in [0.15, 0.2) is 53.6 Å². The maximum atomic E-state index is 12.3. The van der Waals surface area contributed by atoms with Gasteiger partial charge in [0.25, 0.3) is 5.91 Å². The molecule has 22 heavy (non-hydrogen) atoms. The minimum absolute atomic E-state index is 0.00849. The summed E-state index contributed by atoms with van der Waals surface area (Å²) in [6.07, 6.45) is 1.25. The van der Waals surface area contributed by atoms with Crippen molar-refractivity contribution in [2.24, 2.45) is 5.10 Å². The second-order valence-electron chi connectivity index (χ2n) is 4.48. The molecule has 2 aromatic carbocycles. The van der Waals surface area contributed by atoms with Crippen molar-refractivity contribution in [2.45, 2.75) is 13.5 Å². The van der Waals surface area contributed by atoms with Crippen molar-refractivity contribution in [1.82, 2.24) is 5.43 Å². The van der Waals surface area contributed by atoms with Gasteiger partial charge in [-0.05, 0) is 31.2 Å². The maximum absolute atomic E-state index is 12.3. The lowest BCUT2D eigenvalue weighted by atomic mass is 10.1. The van der Waals surface area contributed by atoms with Gasteiger partial charge in [-0.1, -0.05) is 29.8 Å². The Morgan fingerprint density at radius 1 is 1.18 bits per heavy atom. The first-order valence-electron chi connectivity index (χ1n) is 6.50. The summed E-state index contributed by atoms with van der Waals surface area (Å²) in [6.45, 7) is -1.00. The van der Waals surface area contributed by atoms with E-state index in [0.717, 1.165) is 5.56 Å². The van der Waals surface area contributed by atoms with Gasteiger partial charge in [0, 0.05) is 11.1 Å². The lowest BCUT2D eigenvalue weighted by molar-refractivity contribution is -0.0499. The Bertz CT molecular complexity index is 670. The van der Waals surface area contributed by atoms with Crippen molar-refractivity contribution in [3.63, 3.8) is 0 Å². The topological polar surface area (TPSA) is 50.7 Å². The van der Waals surface area contributed by atoms with Crippen molar-refractivity contribution in [3.8, 4) is 5.75 Å². The van der Waals surface area contributed by atoms with Gasteiger partial charge in [0.1, 0.15) is 5.75 Å². The summed E-state index contributed by atoms with van der Waals surface area (Å²) >= 11 is 0. The number of carbonyl (C=O) groups excluding carboxylic acids is 1. The highest BCUT2D eigenvalue weighted by atomic mass is 19.3. The quantitative estimate of drug-likeness (QED) is 0.680. The summed E-state index contributed by atoms with van der Waals surface area (Å²) in [5.74, 6) is -0.394. The molecule has 4 nitrogen and oxygen atoms in total. The molecule has 1 N–H and O–H groups in total. The molecule has 0 aliphatic heterocycles. The largest absolute Gasteiger partial charge is 0.434 e. The van der Waals surface area contributed by atoms with E-state index in [1.54, 1.807) is 30.3 Å². The number of ether oxygens (including phenoxy) is 1. The van der Waals surface area contributed by atoms with Gasteiger partial charge in [-0.3, -0.25) is 4.79 Å². The SMILES string of the molecule is Cc1ccc(C(=O)N/N=C\c2ccccc2OC(F)F)cc1. The molecule has 0 radical (unpaired) electrons. The van der Waals surface area contributed by atoms with E-state index in [9.17, 15) is 13.6 Å². The Labute approximate surface area is 126 Å². The number of amides is 1. The van der Waals surface area contributed by atoms with Crippen LogP contribution < -0.4 is 10.2 Å². The molecule has 0 saturated heterocycles. The highest BCUT2D eigenvalue weighted by molar-refractivity contribution is 5.95. The van der Waals surface area contributed by atoms with Crippen molar-refractivity contribution in [1.29, 1.82) is 0 Å². The fraction of sp³-hybridized carbons (Fsp3) is 0.125. The number of nitrogens with zero attached hydrogens (tertiary/aromatic N) is 1. The molecular formula is C16H14F2N2O2. The molecule has 0 aliphatic carbocycles. The van der Waals surface area contributed by atoms with Crippen molar-refractivity contribution in [2.75, 3.05) is 0 Å². The number of carbonyl (C=O) groups is 1. The zero-order valence-electron chi connectivity index (χ0n) is 11.8. The number of rotatable bonds is 5. The van der Waals surface area contributed by atoms with Crippen LogP contribution in [0, 0.1) is 6.92 Å². The van der Waals surface area contributed by atoms with Gasteiger partial charge in [0.2, 0.25) is 0 Å². The fourth-order valence-electron chi connectivity index (χ4n) is 1.72. The minimum Gasteiger partial charge on any atom is -0.434 e. The van der Waals surface area contributed by atoms with Crippen LogP contribution in [0.2, 0.25) is 0 Å². The third-order valence-corrected chi connectivity index (χ3v) is 2.82. The zero-order valence-corrected chi connectivity index (χ0v) is 11.8. The smallest absolute Gasteiger partial charge is 0.387 e. The number of hydrogen-bond acceptors (Lipinski definition) is 3. The number of benzene rings is 2. The Hall–Kier alpha value is -2.76. The third kappa shape index (κ3) is 4.37. The first kappa shape index (κ1) is 15.6. The maximum Gasteiger partial charge on any atom is 0.387 e. The number of para-hydroxylation sites is 1. The molecule has 114 valence electrons. The summed E-state index contributed by atoms with van der Waals surface area (Å²) in [5, 5.41) is 3.76. The van der Waals surface area contributed by atoms with E-state index in [-0.39, 0.29) is 11.7 Å². The lowest BCUT2D eigenvalue weighted by Gasteiger charge is -2.07. The fourth-order valence-corrected chi connectivity index (χ4v) is 1.72. The normalized spacial score (nSPS) is 10.9. The van der Waals surface area contributed by atoms with Crippen LogP contribution in [0.4, 0.5) is 8.78 Å². The Balaban J connectivity index is 2.03. The van der Waals surface area contributed by atoms with Crippen LogP contribution in [0.25, 0.3) is 0 Å². The van der Waals surface area contributed by atoms with Gasteiger partial charge in [0.15, 0.2) is 0 Å². The lowest BCUT2D eigenvalue weighted by Crippen LogP contribution is -2.17. The van der Waals surface area contributed by atoms with E-state index in [1.807, 2.05) is 19.1 Å². The Kier molecular flexibility index (Phi) is 5.19. The molecule has 0 aliphatic rings. The second-order valence-corrected chi connectivity index (χ2v) is 4.48. The van der Waals surface area contributed by atoms with E-state index in [2.05, 4.69) is 15.3 Å². The van der Waals surface area contributed by atoms with Crippen LogP contribution in [0.5, 0.6) is 5.75 Å². The third-order valence-electron chi connectivity index (χ3n) is 2.82. The number of alkyl halides is 2. The molecule has 0 fully saturated rings. The molecular weight excluding hydrogens is 290 g/mol. The predicted molar refractivity (Wildman–Crippen MR) is 79.3 cm³/mol. The zero-order chi connectivity index (χ0) is 15.9. The second kappa shape index (κ2) is 7.31. The molecule has 2 rings (SSSR count). The molecule has 0 aromatic heterocycles. The molecule has 0 spiro atoms. The summed E-state index contributed by atoms with van der Waals surface area (Å²) < 4.78 is 28.9. The van der Waals surface area contributed by atoms with E-state index in [0.29, 0.717) is 11.1 Å². The first-order valence-corrected chi connectivity index (χ1v) is 6.50. The Morgan fingerprint density at radius 3 is 2.55 bits per heavy atom. The van der Waals surface area contributed by atoms with Gasteiger partial charge in [0.05, 0.1) is 6.21 Å². The minimum atomic E-state index is -2.92. The summed E-state index contributed by atoms with van der Waals surface area (Å²) in [5.41, 5.74) is 4.17. The van der Waals surface area contributed by atoms with Crippen molar-refractivity contribution < 1.29 is 18.3 Å². The van der Waals surface area contributed by atoms with Crippen molar-refractivity contribution in [3.05, 3.63) is 65.2 Å². The van der Waals surface area contributed by atoms with Crippen LogP contribution >= 0.6 is 0 Å². The van der Waals surface area contributed by atoms with E-state index in [1.165, 1.54) is 12.3 Å². The number of hydrogen-bond donors (Lipinski definition) is 1. The number of halogens is 2. The van der Waals surface area contributed by atoms with E-state index in [4.69, 9.17) is 0 Å². The van der Waals surface area contributed by atoms with Crippen LogP contribution in [0.1, 0.15) is 21.5 Å². The molecule has 6 heteroatoms. The van der Waals surface area contributed by atoms with Gasteiger partial charge in [-0.15, -0.1) is 0 Å². The van der Waals surface area contributed by atoms with E-state index < -0.39 is 6.61 Å². The van der Waals surface area contributed by atoms with Gasteiger partial charge in [-0.25, -0.2) is 5.43 Å². The summed E-state index contributed by atoms with van der Waals surface area (Å²) in [6, 6.07) is 13.1. The molecule has 0 unspecified atom stereocenters. The monoisotopic (exact) mass is 304 g/mol. The first-order chi connectivity index (χ1) is 10.6. The molecule has 0 saturated carbocycles. The summed E-state index contributed by atoms with van der Waals surface area (Å²) in [7, 11) is 0. The molecule has 0 bridgehead atoms. The highest BCUT2D eigenvalue weighted by Crippen LogP contribution is 2.18. The standard InChI is InChI=1S/C16H14F2N2O2/c1-11-6-8-12(9-7-11)15(21)20-19-10-13-4-2-3-5-14(13)22-16(17)18/h2-10,16H,1H3,(H,20,21)/b19-10-. The van der Waals surface area contributed by atoms with Gasteiger partial charge < -0.3 is 4.74 Å². The molecule has 2 aromatic rings. The van der Waals surface area contributed by atoms with Crippen molar-refractivity contribution >= 4 is 12.1 Å². The average Bonchev–Trinajstić information content (AvgIpc) is 2.49. The van der Waals surface area contributed by atoms with Crippen LogP contribution in [-0.2, 0) is 0 Å². The van der Waals surface area contributed by atoms with Crippen LogP contribution in [-0.4, -0.2) is 18.7 Å². The molecule has 0 atom stereocenters. The number of aryl methyl sites for hydroxylation is 1. The average molecular weight is 304 g/mol. The van der Waals surface area contributed by atoms with Gasteiger partial charge >= 0.3 is 6.61 Å². The Morgan fingerprint density at radius 2 is 1.86 bits per heavy atom. The van der Waals surface area contributed by atoms with Crippen LogP contribution in [0.3, 0.4) is 0 Å². The molecule has 1 amide bonds. The number of nitrogens with one attached hydrogen (secondary N) is 1. The summed E-state index contributed by atoms with van der Waals surface area (Å²) in [4.78, 5) is 11.8. The highest BCUT2D eigenvalue weighted by Gasteiger charge is 2.08. The van der Waals surface area contributed by atoms with Gasteiger partial charge in [-0.2, -0.15) is 13.9 Å². The molecule has 0 heterocycles. The van der Waals surface area contributed by atoms with E-state index >= 15 is 0 Å². The predicted octanol–water partition coefficient (Wildman–Crippen LogP) is 3.36. The number of hydrazone groups is 1.